The minimum absolute atomic E-state index is 0.0965. The van der Waals surface area contributed by atoms with Crippen LogP contribution in [0, 0.1) is 12.8 Å². The van der Waals surface area contributed by atoms with Crippen LogP contribution in [0.15, 0.2) is 16.7 Å². The molecule has 0 aliphatic heterocycles. The maximum atomic E-state index is 11.4. The van der Waals surface area contributed by atoms with E-state index in [9.17, 15) is 4.79 Å². The van der Waals surface area contributed by atoms with Crippen LogP contribution >= 0.6 is 15.9 Å². The van der Waals surface area contributed by atoms with Crippen LogP contribution in [-0.4, -0.2) is 10.9 Å². The summed E-state index contributed by atoms with van der Waals surface area (Å²) in [6.07, 6.45) is 3.74. The molecule has 0 unspecified atom stereocenters. The average molecular weight is 255 g/mol. The first-order valence-corrected chi connectivity index (χ1v) is 5.39. The van der Waals surface area contributed by atoms with Gasteiger partial charge in [0.05, 0.1) is 0 Å². The van der Waals surface area contributed by atoms with Crippen LogP contribution in [0.25, 0.3) is 0 Å². The molecule has 74 valence electrons. The zero-order chi connectivity index (χ0) is 10.1. The third-order valence-corrected chi connectivity index (χ3v) is 3.08. The van der Waals surface area contributed by atoms with Gasteiger partial charge in [0.1, 0.15) is 5.82 Å². The SMILES string of the molecule is Cc1cc(NC(=O)C2CC2)ncc1Br. The van der Waals surface area contributed by atoms with E-state index in [0.717, 1.165) is 22.9 Å². The fraction of sp³-hybridized carbons (Fsp3) is 0.400. The first-order chi connectivity index (χ1) is 6.66. The summed E-state index contributed by atoms with van der Waals surface area (Å²) in [6.45, 7) is 1.97. The second kappa shape index (κ2) is 3.69. The molecular formula is C10H11BrN2O. The van der Waals surface area contributed by atoms with Gasteiger partial charge in [-0.05, 0) is 47.3 Å². The van der Waals surface area contributed by atoms with Gasteiger partial charge in [-0.2, -0.15) is 0 Å². The first kappa shape index (κ1) is 9.65. The summed E-state index contributed by atoms with van der Waals surface area (Å²) in [7, 11) is 0. The number of carbonyl (C=O) groups excluding carboxylic acids is 1. The number of aryl methyl sites for hydroxylation is 1. The van der Waals surface area contributed by atoms with Crippen LogP contribution in [0.5, 0.6) is 0 Å². The van der Waals surface area contributed by atoms with Crippen LogP contribution in [0.4, 0.5) is 5.82 Å². The number of carbonyl (C=O) groups is 1. The van der Waals surface area contributed by atoms with Gasteiger partial charge in [-0.25, -0.2) is 4.98 Å². The van der Waals surface area contributed by atoms with Crippen molar-refractivity contribution in [1.82, 2.24) is 4.98 Å². The molecule has 2 rings (SSSR count). The van der Waals surface area contributed by atoms with Gasteiger partial charge in [0.2, 0.25) is 5.91 Å². The zero-order valence-electron chi connectivity index (χ0n) is 7.88. The van der Waals surface area contributed by atoms with Crippen molar-refractivity contribution in [3.8, 4) is 0 Å². The monoisotopic (exact) mass is 254 g/mol. The molecular weight excluding hydrogens is 244 g/mol. The van der Waals surface area contributed by atoms with E-state index < -0.39 is 0 Å². The van der Waals surface area contributed by atoms with Gasteiger partial charge >= 0.3 is 0 Å². The normalized spacial score (nSPS) is 15.3. The molecule has 0 atom stereocenters. The number of anilines is 1. The number of aromatic nitrogens is 1. The molecule has 0 spiro atoms. The number of hydrogen-bond donors (Lipinski definition) is 1. The first-order valence-electron chi connectivity index (χ1n) is 4.60. The summed E-state index contributed by atoms with van der Waals surface area (Å²) < 4.78 is 0.960. The highest BCUT2D eigenvalue weighted by Gasteiger charge is 2.29. The van der Waals surface area contributed by atoms with Gasteiger partial charge in [-0.3, -0.25) is 4.79 Å². The molecule has 1 aromatic rings. The van der Waals surface area contributed by atoms with Crippen molar-refractivity contribution in [1.29, 1.82) is 0 Å². The zero-order valence-corrected chi connectivity index (χ0v) is 9.47. The van der Waals surface area contributed by atoms with E-state index in [4.69, 9.17) is 0 Å². The maximum Gasteiger partial charge on any atom is 0.228 e. The van der Waals surface area contributed by atoms with Gasteiger partial charge in [-0.1, -0.05) is 0 Å². The van der Waals surface area contributed by atoms with E-state index in [1.54, 1.807) is 6.20 Å². The minimum atomic E-state index is 0.0965. The molecule has 0 bridgehead atoms. The number of amides is 1. The Morgan fingerprint density at radius 2 is 2.36 bits per heavy atom. The number of nitrogens with one attached hydrogen (secondary N) is 1. The van der Waals surface area contributed by atoms with E-state index >= 15 is 0 Å². The molecule has 1 fully saturated rings. The standard InChI is InChI=1S/C10H11BrN2O/c1-6-4-9(12-5-8(6)11)13-10(14)7-2-3-7/h4-5,7H,2-3H2,1H3,(H,12,13,14). The minimum Gasteiger partial charge on any atom is -0.310 e. The molecule has 14 heavy (non-hydrogen) atoms. The molecule has 1 aliphatic carbocycles. The molecule has 0 aromatic carbocycles. The molecule has 1 saturated carbocycles. The number of rotatable bonds is 2. The number of pyridine rings is 1. The largest absolute Gasteiger partial charge is 0.310 e. The molecule has 1 heterocycles. The van der Waals surface area contributed by atoms with E-state index in [2.05, 4.69) is 26.2 Å². The molecule has 1 amide bonds. The summed E-state index contributed by atoms with van der Waals surface area (Å²) in [4.78, 5) is 15.5. The van der Waals surface area contributed by atoms with Gasteiger partial charge in [0.25, 0.3) is 0 Å². The Labute approximate surface area is 91.0 Å². The Bertz CT molecular complexity index is 374. The Morgan fingerprint density at radius 3 is 2.93 bits per heavy atom. The van der Waals surface area contributed by atoms with Gasteiger partial charge in [-0.15, -0.1) is 0 Å². The molecule has 1 aliphatic rings. The van der Waals surface area contributed by atoms with Crippen molar-refractivity contribution in [2.45, 2.75) is 19.8 Å². The molecule has 0 saturated heterocycles. The van der Waals surface area contributed by atoms with Crippen LogP contribution in [0.3, 0.4) is 0 Å². The number of halogens is 1. The second-order valence-corrected chi connectivity index (χ2v) is 4.44. The van der Waals surface area contributed by atoms with Crippen molar-refractivity contribution in [3.63, 3.8) is 0 Å². The number of nitrogens with zero attached hydrogens (tertiary/aromatic N) is 1. The average Bonchev–Trinajstić information content (AvgIpc) is 2.94. The Hall–Kier alpha value is -0.900. The maximum absolute atomic E-state index is 11.4. The molecule has 1 N–H and O–H groups in total. The highest BCUT2D eigenvalue weighted by Crippen LogP contribution is 2.30. The lowest BCUT2D eigenvalue weighted by Gasteiger charge is -2.04. The molecule has 0 radical (unpaired) electrons. The highest BCUT2D eigenvalue weighted by molar-refractivity contribution is 9.10. The third kappa shape index (κ3) is 2.12. The van der Waals surface area contributed by atoms with Gasteiger partial charge < -0.3 is 5.32 Å². The van der Waals surface area contributed by atoms with Gasteiger partial charge in [0, 0.05) is 16.6 Å². The van der Waals surface area contributed by atoms with E-state index in [-0.39, 0.29) is 11.8 Å². The molecule has 1 aromatic heterocycles. The predicted molar refractivity (Wildman–Crippen MR) is 58.0 cm³/mol. The van der Waals surface area contributed by atoms with Crippen molar-refractivity contribution in [2.75, 3.05) is 5.32 Å². The van der Waals surface area contributed by atoms with Crippen LogP contribution in [-0.2, 0) is 4.79 Å². The van der Waals surface area contributed by atoms with Crippen molar-refractivity contribution in [3.05, 3.63) is 22.3 Å². The summed E-state index contributed by atoms with van der Waals surface area (Å²) >= 11 is 3.36. The van der Waals surface area contributed by atoms with Gasteiger partial charge in [0.15, 0.2) is 0 Å². The van der Waals surface area contributed by atoms with Crippen LogP contribution in [0.1, 0.15) is 18.4 Å². The summed E-state index contributed by atoms with van der Waals surface area (Å²) in [5.41, 5.74) is 1.08. The van der Waals surface area contributed by atoms with Crippen LogP contribution in [0.2, 0.25) is 0 Å². The quantitative estimate of drug-likeness (QED) is 0.882. The van der Waals surface area contributed by atoms with Crippen molar-refractivity contribution in [2.24, 2.45) is 5.92 Å². The lowest BCUT2D eigenvalue weighted by atomic mass is 10.3. The fourth-order valence-corrected chi connectivity index (χ4v) is 1.40. The smallest absolute Gasteiger partial charge is 0.228 e. The molecule has 3 nitrogen and oxygen atoms in total. The Balaban J connectivity index is 2.08. The topological polar surface area (TPSA) is 42.0 Å². The van der Waals surface area contributed by atoms with Crippen molar-refractivity contribution >= 4 is 27.7 Å². The summed E-state index contributed by atoms with van der Waals surface area (Å²) in [6, 6.07) is 1.87. The van der Waals surface area contributed by atoms with E-state index in [1.807, 2.05) is 13.0 Å². The highest BCUT2D eigenvalue weighted by atomic mass is 79.9. The predicted octanol–water partition coefficient (Wildman–Crippen LogP) is 2.50. The summed E-state index contributed by atoms with van der Waals surface area (Å²) in [5.74, 6) is 0.961. The Kier molecular flexibility index (Phi) is 2.54. The van der Waals surface area contributed by atoms with Crippen molar-refractivity contribution < 1.29 is 4.79 Å². The Morgan fingerprint density at radius 1 is 1.64 bits per heavy atom. The van der Waals surface area contributed by atoms with E-state index in [0.29, 0.717) is 5.82 Å². The summed E-state index contributed by atoms with van der Waals surface area (Å²) in [5, 5.41) is 2.80. The van der Waals surface area contributed by atoms with Crippen LogP contribution < -0.4 is 5.32 Å². The number of hydrogen-bond acceptors (Lipinski definition) is 2. The molecule has 4 heteroatoms. The van der Waals surface area contributed by atoms with E-state index in [1.165, 1.54) is 0 Å². The lowest BCUT2D eigenvalue weighted by Crippen LogP contribution is -2.14. The fourth-order valence-electron chi connectivity index (χ4n) is 1.18. The lowest BCUT2D eigenvalue weighted by molar-refractivity contribution is -0.117. The third-order valence-electron chi connectivity index (χ3n) is 2.25. The second-order valence-electron chi connectivity index (χ2n) is 3.58.